The van der Waals surface area contributed by atoms with E-state index in [1.165, 1.54) is 0 Å². The topological polar surface area (TPSA) is 47.6 Å². The number of amides is 1. The van der Waals surface area contributed by atoms with E-state index in [1.54, 1.807) is 12.1 Å². The second-order valence-corrected chi connectivity index (χ2v) is 6.12. The first-order valence-corrected chi connectivity index (χ1v) is 8.47. The molecule has 1 amide bonds. The normalized spacial score (nSPS) is 16.8. The van der Waals surface area contributed by atoms with E-state index in [9.17, 15) is 4.79 Å². The number of para-hydroxylation sites is 1. The summed E-state index contributed by atoms with van der Waals surface area (Å²) in [6.07, 6.45) is 2.18. The molecule has 0 aliphatic carbocycles. The molecule has 4 nitrogen and oxygen atoms in total. The van der Waals surface area contributed by atoms with Gasteiger partial charge in [0.2, 0.25) is 0 Å². The minimum Gasteiger partial charge on any atom is -0.490 e. The first-order chi connectivity index (χ1) is 11.7. The van der Waals surface area contributed by atoms with Crippen molar-refractivity contribution in [1.29, 1.82) is 0 Å². The number of carbonyl (C=O) groups is 1. The summed E-state index contributed by atoms with van der Waals surface area (Å²) in [4.78, 5) is 12.5. The van der Waals surface area contributed by atoms with Crippen LogP contribution in [0.1, 0.15) is 28.8 Å². The fourth-order valence-corrected chi connectivity index (χ4v) is 2.85. The number of benzene rings is 2. The van der Waals surface area contributed by atoms with Crippen molar-refractivity contribution in [1.82, 2.24) is 5.32 Å². The average molecular weight is 346 g/mol. The third kappa shape index (κ3) is 4.28. The van der Waals surface area contributed by atoms with E-state index in [0.29, 0.717) is 29.5 Å². The minimum atomic E-state index is -0.183. The lowest BCUT2D eigenvalue weighted by Crippen LogP contribution is -2.24. The van der Waals surface area contributed by atoms with Crippen molar-refractivity contribution in [3.05, 3.63) is 64.7 Å². The monoisotopic (exact) mass is 345 g/mol. The molecule has 0 aromatic heterocycles. The predicted octanol–water partition coefficient (Wildman–Crippen LogP) is 3.83. The second-order valence-electron chi connectivity index (χ2n) is 5.72. The molecule has 0 radical (unpaired) electrons. The SMILES string of the molecule is O=C(NCc1ccccc1Cl)c1ccccc1OCC1CCCO1. The molecule has 1 unspecified atom stereocenters. The molecule has 1 aliphatic rings. The Morgan fingerprint density at radius 2 is 2.00 bits per heavy atom. The number of carbonyl (C=O) groups excluding carboxylic acids is 1. The highest BCUT2D eigenvalue weighted by Crippen LogP contribution is 2.21. The molecule has 5 heteroatoms. The third-order valence-electron chi connectivity index (χ3n) is 3.98. The molecular weight excluding hydrogens is 326 g/mol. The second kappa shape index (κ2) is 8.18. The summed E-state index contributed by atoms with van der Waals surface area (Å²) >= 11 is 6.12. The van der Waals surface area contributed by atoms with Crippen LogP contribution in [0.3, 0.4) is 0 Å². The maximum absolute atomic E-state index is 12.5. The Labute approximate surface area is 146 Å². The Kier molecular flexibility index (Phi) is 5.72. The zero-order valence-electron chi connectivity index (χ0n) is 13.3. The van der Waals surface area contributed by atoms with Crippen LogP contribution in [0, 0.1) is 0 Å². The molecule has 2 aromatic rings. The smallest absolute Gasteiger partial charge is 0.255 e. The fraction of sp³-hybridized carbons (Fsp3) is 0.316. The van der Waals surface area contributed by atoms with Crippen molar-refractivity contribution in [2.24, 2.45) is 0 Å². The van der Waals surface area contributed by atoms with Crippen LogP contribution in [0.2, 0.25) is 5.02 Å². The van der Waals surface area contributed by atoms with Gasteiger partial charge in [0.25, 0.3) is 5.91 Å². The summed E-state index contributed by atoms with van der Waals surface area (Å²) in [5.41, 5.74) is 1.40. The van der Waals surface area contributed by atoms with Crippen LogP contribution >= 0.6 is 11.6 Å². The zero-order valence-corrected chi connectivity index (χ0v) is 14.1. The van der Waals surface area contributed by atoms with Crippen LogP contribution < -0.4 is 10.1 Å². The van der Waals surface area contributed by atoms with Crippen LogP contribution in [0.15, 0.2) is 48.5 Å². The number of halogens is 1. The molecule has 0 spiro atoms. The molecule has 1 heterocycles. The van der Waals surface area contributed by atoms with Crippen molar-refractivity contribution < 1.29 is 14.3 Å². The minimum absolute atomic E-state index is 0.115. The number of hydrogen-bond donors (Lipinski definition) is 1. The van der Waals surface area contributed by atoms with Crippen LogP contribution in [0.5, 0.6) is 5.75 Å². The molecule has 1 atom stereocenters. The molecule has 0 saturated carbocycles. The van der Waals surface area contributed by atoms with Crippen LogP contribution in [-0.4, -0.2) is 25.2 Å². The molecule has 1 N–H and O–H groups in total. The lowest BCUT2D eigenvalue weighted by Gasteiger charge is -2.14. The van der Waals surface area contributed by atoms with E-state index < -0.39 is 0 Å². The van der Waals surface area contributed by atoms with Gasteiger partial charge in [0.15, 0.2) is 0 Å². The maximum atomic E-state index is 12.5. The number of ether oxygens (including phenoxy) is 2. The Morgan fingerprint density at radius 1 is 1.21 bits per heavy atom. The van der Waals surface area contributed by atoms with E-state index in [1.807, 2.05) is 36.4 Å². The van der Waals surface area contributed by atoms with Gasteiger partial charge in [-0.3, -0.25) is 4.79 Å². The van der Waals surface area contributed by atoms with Gasteiger partial charge in [-0.2, -0.15) is 0 Å². The number of hydrogen-bond acceptors (Lipinski definition) is 3. The van der Waals surface area contributed by atoms with Crippen molar-refractivity contribution in [3.63, 3.8) is 0 Å². The summed E-state index contributed by atoms with van der Waals surface area (Å²) in [6.45, 7) is 1.63. The lowest BCUT2D eigenvalue weighted by molar-refractivity contribution is 0.0670. The van der Waals surface area contributed by atoms with Gasteiger partial charge in [0.1, 0.15) is 12.4 Å². The highest BCUT2D eigenvalue weighted by atomic mass is 35.5. The summed E-state index contributed by atoms with van der Waals surface area (Å²) < 4.78 is 11.4. The summed E-state index contributed by atoms with van der Waals surface area (Å²) in [5.74, 6) is 0.391. The van der Waals surface area contributed by atoms with Gasteiger partial charge in [0, 0.05) is 18.2 Å². The molecular formula is C19H20ClNO3. The van der Waals surface area contributed by atoms with Gasteiger partial charge < -0.3 is 14.8 Å². The number of rotatable bonds is 6. The van der Waals surface area contributed by atoms with Crippen molar-refractivity contribution >= 4 is 17.5 Å². The van der Waals surface area contributed by atoms with Crippen LogP contribution in [-0.2, 0) is 11.3 Å². The van der Waals surface area contributed by atoms with E-state index in [4.69, 9.17) is 21.1 Å². The molecule has 0 bridgehead atoms. The standard InChI is InChI=1S/C19H20ClNO3/c20-17-9-3-1-6-14(17)12-21-19(22)16-8-2-4-10-18(16)24-13-15-7-5-11-23-15/h1-4,6,8-10,15H,5,7,11-13H2,(H,21,22). The Morgan fingerprint density at radius 3 is 2.79 bits per heavy atom. The first kappa shape index (κ1) is 16.8. The molecule has 2 aromatic carbocycles. The fourth-order valence-electron chi connectivity index (χ4n) is 2.65. The van der Waals surface area contributed by atoms with Gasteiger partial charge in [-0.1, -0.05) is 41.9 Å². The van der Waals surface area contributed by atoms with E-state index in [-0.39, 0.29) is 12.0 Å². The lowest BCUT2D eigenvalue weighted by atomic mass is 10.1. The van der Waals surface area contributed by atoms with Crippen LogP contribution in [0.4, 0.5) is 0 Å². The molecule has 1 saturated heterocycles. The van der Waals surface area contributed by atoms with Gasteiger partial charge in [-0.15, -0.1) is 0 Å². The van der Waals surface area contributed by atoms with Crippen molar-refractivity contribution in [2.75, 3.05) is 13.2 Å². The summed E-state index contributed by atoms with van der Waals surface area (Å²) in [7, 11) is 0. The summed E-state index contributed by atoms with van der Waals surface area (Å²) in [5, 5.41) is 3.53. The largest absolute Gasteiger partial charge is 0.490 e. The van der Waals surface area contributed by atoms with Crippen molar-refractivity contribution in [2.45, 2.75) is 25.5 Å². The molecule has 3 rings (SSSR count). The van der Waals surface area contributed by atoms with Gasteiger partial charge in [0.05, 0.1) is 11.7 Å². The zero-order chi connectivity index (χ0) is 16.8. The highest BCUT2D eigenvalue weighted by Gasteiger charge is 2.18. The summed E-state index contributed by atoms with van der Waals surface area (Å²) in [6, 6.07) is 14.7. The van der Waals surface area contributed by atoms with E-state index in [2.05, 4.69) is 5.32 Å². The molecule has 1 aliphatic heterocycles. The van der Waals surface area contributed by atoms with Gasteiger partial charge >= 0.3 is 0 Å². The molecule has 1 fully saturated rings. The van der Waals surface area contributed by atoms with Gasteiger partial charge in [-0.05, 0) is 36.6 Å². The van der Waals surface area contributed by atoms with E-state index >= 15 is 0 Å². The van der Waals surface area contributed by atoms with Crippen molar-refractivity contribution in [3.8, 4) is 5.75 Å². The van der Waals surface area contributed by atoms with E-state index in [0.717, 1.165) is 25.0 Å². The van der Waals surface area contributed by atoms with Gasteiger partial charge in [-0.25, -0.2) is 0 Å². The molecule has 126 valence electrons. The highest BCUT2D eigenvalue weighted by molar-refractivity contribution is 6.31. The third-order valence-corrected chi connectivity index (χ3v) is 4.35. The maximum Gasteiger partial charge on any atom is 0.255 e. The predicted molar refractivity (Wildman–Crippen MR) is 93.5 cm³/mol. The Hall–Kier alpha value is -2.04. The number of nitrogens with one attached hydrogen (secondary N) is 1. The Balaban J connectivity index is 1.62. The first-order valence-electron chi connectivity index (χ1n) is 8.09. The molecule has 24 heavy (non-hydrogen) atoms. The quantitative estimate of drug-likeness (QED) is 0.865. The van der Waals surface area contributed by atoms with Crippen LogP contribution in [0.25, 0.3) is 0 Å². The Bertz CT molecular complexity index is 699. The average Bonchev–Trinajstić information content (AvgIpc) is 3.13.